The van der Waals surface area contributed by atoms with Gasteiger partial charge in [0.1, 0.15) is 23.5 Å². The van der Waals surface area contributed by atoms with Crippen molar-refractivity contribution in [3.63, 3.8) is 0 Å². The minimum absolute atomic E-state index is 0.00723. The zero-order valence-corrected chi connectivity index (χ0v) is 40.0. The van der Waals surface area contributed by atoms with Crippen molar-refractivity contribution in [3.05, 3.63) is 89.5 Å². The lowest BCUT2D eigenvalue weighted by molar-refractivity contribution is -0.125. The molecule has 0 spiro atoms. The second kappa shape index (κ2) is 21.7. The summed E-state index contributed by atoms with van der Waals surface area (Å²) < 4.78 is 20.8. The molecule has 5 heterocycles. The number of piperazine rings is 1. The van der Waals surface area contributed by atoms with Crippen molar-refractivity contribution >= 4 is 46.7 Å². The number of likely N-dealkylation sites (tertiary alicyclic amines) is 2. The summed E-state index contributed by atoms with van der Waals surface area (Å²) in [4.78, 5) is 72.7. The number of aromatic nitrogens is 3. The van der Waals surface area contributed by atoms with Crippen LogP contribution >= 0.6 is 0 Å². The Kier molecular flexibility index (Phi) is 15.3. The van der Waals surface area contributed by atoms with E-state index in [9.17, 15) is 19.2 Å². The van der Waals surface area contributed by atoms with Gasteiger partial charge in [-0.05, 0) is 103 Å². The summed E-state index contributed by atoms with van der Waals surface area (Å²) in [6.07, 6.45) is 5.99. The van der Waals surface area contributed by atoms with E-state index in [0.29, 0.717) is 96.5 Å². The zero-order chi connectivity index (χ0) is 47.9. The van der Waals surface area contributed by atoms with E-state index in [0.717, 1.165) is 87.2 Å². The highest BCUT2D eigenvalue weighted by Crippen LogP contribution is 2.36. The molecular formula is C52H65FN10O5. The van der Waals surface area contributed by atoms with Crippen molar-refractivity contribution in [2.24, 2.45) is 17.8 Å². The van der Waals surface area contributed by atoms with Crippen molar-refractivity contribution in [2.75, 3.05) is 89.8 Å². The largest absolute Gasteiger partial charge is 0.495 e. The normalized spacial score (nSPS) is 17.2. The van der Waals surface area contributed by atoms with Crippen LogP contribution in [0.25, 0.3) is 33.5 Å². The lowest BCUT2D eigenvalue weighted by atomic mass is 9.95. The number of benzene rings is 3. The molecule has 1 atom stereocenters. The number of rotatable bonds is 16. The Morgan fingerprint density at radius 1 is 0.912 bits per heavy atom. The van der Waals surface area contributed by atoms with Gasteiger partial charge in [0, 0.05) is 113 Å². The van der Waals surface area contributed by atoms with Gasteiger partial charge in [-0.1, -0.05) is 38.1 Å². The summed E-state index contributed by atoms with van der Waals surface area (Å²) in [5.41, 5.74) is 7.47. The van der Waals surface area contributed by atoms with E-state index in [4.69, 9.17) is 4.74 Å². The summed E-state index contributed by atoms with van der Waals surface area (Å²) in [7, 11) is 3.41. The second-order valence-electron chi connectivity index (χ2n) is 19.2. The van der Waals surface area contributed by atoms with E-state index in [1.807, 2.05) is 40.8 Å². The minimum Gasteiger partial charge on any atom is -0.495 e. The molecule has 2 aromatic heterocycles. The summed E-state index contributed by atoms with van der Waals surface area (Å²) in [5, 5.41) is 5.93. The van der Waals surface area contributed by atoms with Crippen molar-refractivity contribution in [3.8, 4) is 28.3 Å². The third kappa shape index (κ3) is 11.5. The van der Waals surface area contributed by atoms with Gasteiger partial charge in [0.05, 0.1) is 18.5 Å². The van der Waals surface area contributed by atoms with Crippen LogP contribution in [0.3, 0.4) is 0 Å². The zero-order valence-electron chi connectivity index (χ0n) is 40.0. The van der Waals surface area contributed by atoms with E-state index in [2.05, 4.69) is 73.5 Å². The SMILES string of the molecule is COc1ccc(C(=O)N2CCC(CN3CCN(Cc4ccc(-c5cc6c(-c7cc(F)cc(NC(=O)N8CC[C@H](CC(C)C)C8)c7C)ncnc6[nH]5)cc4)CC3)CC2)cc1N(C)CCC(=O)NC=O. The molecule has 3 aliphatic rings. The maximum Gasteiger partial charge on any atom is 0.321 e. The highest BCUT2D eigenvalue weighted by molar-refractivity contribution is 5.98. The average Bonchev–Trinajstić information content (AvgIpc) is 4.00. The molecule has 3 aliphatic heterocycles. The smallest absolute Gasteiger partial charge is 0.321 e. The average molecular weight is 929 g/mol. The standard InChI is InChI=1S/C52H65FN10O5/c1-34(2)24-38-14-19-63(31-38)52(67)58-44-27-41(53)26-42(35(44)3)49-43-28-45(57-50(43)55-32-54-49)39-8-6-36(7-9-39)29-60-20-22-61(23-21-60)30-37-12-17-62(18-13-37)51(66)40-10-11-47(68-5)46(25-40)59(4)16-15-48(65)56-33-64/h6-11,25-28,32-34,37-38H,12-24,29-31H2,1-5H3,(H,58,67)(H,54,55,57)(H,56,64,65)/t38-/m1/s1. The number of hydrogen-bond acceptors (Lipinski definition) is 10. The third-order valence-corrected chi connectivity index (χ3v) is 14.0. The lowest BCUT2D eigenvalue weighted by Gasteiger charge is -2.39. The number of fused-ring (bicyclic) bond motifs is 1. The third-order valence-electron chi connectivity index (χ3n) is 14.0. The Labute approximate surface area is 398 Å². The highest BCUT2D eigenvalue weighted by atomic mass is 19.1. The topological polar surface area (TPSA) is 159 Å². The van der Waals surface area contributed by atoms with Crippen LogP contribution in [0.15, 0.2) is 67.0 Å². The van der Waals surface area contributed by atoms with E-state index < -0.39 is 5.82 Å². The van der Waals surface area contributed by atoms with Crippen LogP contribution in [0.4, 0.5) is 20.6 Å². The highest BCUT2D eigenvalue weighted by Gasteiger charge is 2.29. The van der Waals surface area contributed by atoms with Crippen LogP contribution < -0.4 is 20.3 Å². The number of urea groups is 1. The molecule has 68 heavy (non-hydrogen) atoms. The Hall–Kier alpha value is -6.39. The molecule has 3 aromatic carbocycles. The fraction of sp³-hybridized carbons (Fsp3) is 0.462. The predicted octanol–water partition coefficient (Wildman–Crippen LogP) is 7.42. The molecule has 0 bridgehead atoms. The minimum atomic E-state index is -0.447. The fourth-order valence-corrected chi connectivity index (χ4v) is 10.1. The molecule has 5 aromatic rings. The number of ether oxygens (including phenoxy) is 1. The van der Waals surface area contributed by atoms with Gasteiger partial charge in [-0.2, -0.15) is 0 Å². The number of carbonyl (C=O) groups is 4. The molecule has 8 rings (SSSR count). The number of imide groups is 1. The maximum atomic E-state index is 15.2. The molecular weight excluding hydrogens is 864 g/mol. The van der Waals surface area contributed by atoms with Gasteiger partial charge in [0.15, 0.2) is 0 Å². The number of anilines is 2. The number of carbonyl (C=O) groups excluding carboxylic acids is 4. The van der Waals surface area contributed by atoms with Crippen molar-refractivity contribution in [2.45, 2.75) is 59.4 Å². The van der Waals surface area contributed by atoms with Gasteiger partial charge in [-0.15, -0.1) is 0 Å². The number of nitrogens with one attached hydrogen (secondary N) is 3. The molecule has 16 heteroatoms. The second-order valence-corrected chi connectivity index (χ2v) is 19.2. The molecule has 360 valence electrons. The van der Waals surface area contributed by atoms with Crippen molar-refractivity contribution in [1.82, 2.24) is 39.9 Å². The molecule has 3 saturated heterocycles. The fourth-order valence-electron chi connectivity index (χ4n) is 10.1. The number of aromatic amines is 1. The Balaban J connectivity index is 0.815. The van der Waals surface area contributed by atoms with Gasteiger partial charge in [-0.3, -0.25) is 24.6 Å². The molecule has 0 saturated carbocycles. The quantitative estimate of drug-likeness (QED) is 0.0851. The Morgan fingerprint density at radius 3 is 2.35 bits per heavy atom. The van der Waals surface area contributed by atoms with Gasteiger partial charge >= 0.3 is 6.03 Å². The van der Waals surface area contributed by atoms with Crippen LogP contribution in [0.5, 0.6) is 5.75 Å². The Bertz CT molecular complexity index is 2590. The first-order valence-electron chi connectivity index (χ1n) is 24.0. The summed E-state index contributed by atoms with van der Waals surface area (Å²) in [6, 6.07) is 18.7. The first-order chi connectivity index (χ1) is 32.8. The van der Waals surface area contributed by atoms with Gasteiger partial charge < -0.3 is 34.6 Å². The monoisotopic (exact) mass is 929 g/mol. The molecule has 15 nitrogen and oxygen atoms in total. The molecule has 3 N–H and O–H groups in total. The summed E-state index contributed by atoms with van der Waals surface area (Å²) in [5.74, 6) is 1.39. The summed E-state index contributed by atoms with van der Waals surface area (Å²) >= 11 is 0. The molecule has 0 radical (unpaired) electrons. The van der Waals surface area contributed by atoms with E-state index in [1.54, 1.807) is 19.2 Å². The van der Waals surface area contributed by atoms with Crippen LogP contribution in [-0.2, 0) is 16.1 Å². The van der Waals surface area contributed by atoms with Crippen LogP contribution in [0.1, 0.15) is 67.4 Å². The summed E-state index contributed by atoms with van der Waals surface area (Å²) in [6.45, 7) is 15.4. The predicted molar refractivity (Wildman–Crippen MR) is 263 cm³/mol. The first-order valence-corrected chi connectivity index (χ1v) is 24.0. The lowest BCUT2D eigenvalue weighted by Crippen LogP contribution is -2.48. The number of halogens is 1. The molecule has 3 fully saturated rings. The van der Waals surface area contributed by atoms with Gasteiger partial charge in [-0.25, -0.2) is 19.2 Å². The number of H-pyrrole nitrogens is 1. The maximum absolute atomic E-state index is 15.2. The molecule has 5 amide bonds. The van der Waals surface area contributed by atoms with Crippen LogP contribution in [0, 0.1) is 30.5 Å². The van der Waals surface area contributed by atoms with E-state index in [-0.39, 0.29) is 24.3 Å². The number of amides is 5. The van der Waals surface area contributed by atoms with Crippen molar-refractivity contribution < 1.29 is 28.3 Å². The number of methoxy groups -OCH3 is 1. The van der Waals surface area contributed by atoms with Crippen molar-refractivity contribution in [1.29, 1.82) is 0 Å². The molecule has 0 unspecified atom stereocenters. The van der Waals surface area contributed by atoms with Crippen LogP contribution in [0.2, 0.25) is 0 Å². The number of nitrogens with zero attached hydrogens (tertiary/aromatic N) is 7. The van der Waals surface area contributed by atoms with E-state index in [1.165, 1.54) is 24.0 Å². The first kappa shape index (κ1) is 48.1. The number of hydrogen-bond donors (Lipinski definition) is 3. The Morgan fingerprint density at radius 2 is 1.63 bits per heavy atom. The van der Waals surface area contributed by atoms with Crippen LogP contribution in [-0.4, -0.2) is 138 Å². The van der Waals surface area contributed by atoms with Gasteiger partial charge in [0.2, 0.25) is 12.3 Å². The van der Waals surface area contributed by atoms with E-state index >= 15 is 4.39 Å². The number of piperidine rings is 1. The van der Waals surface area contributed by atoms with Gasteiger partial charge in [0.25, 0.3) is 5.91 Å². The molecule has 0 aliphatic carbocycles.